The fourth-order valence-corrected chi connectivity index (χ4v) is 3.35. The molecule has 0 bridgehead atoms. The summed E-state index contributed by atoms with van der Waals surface area (Å²) in [6.45, 7) is 2.09. The molecule has 0 unspecified atom stereocenters. The van der Waals surface area contributed by atoms with Crippen molar-refractivity contribution in [2.24, 2.45) is 0 Å². The summed E-state index contributed by atoms with van der Waals surface area (Å²) < 4.78 is 11.8. The highest BCUT2D eigenvalue weighted by molar-refractivity contribution is 5.88. The van der Waals surface area contributed by atoms with E-state index in [2.05, 4.69) is 9.97 Å². The first-order valence-corrected chi connectivity index (χ1v) is 9.30. The fourth-order valence-electron chi connectivity index (χ4n) is 3.35. The first-order valence-electron chi connectivity index (χ1n) is 9.30. The van der Waals surface area contributed by atoms with Gasteiger partial charge in [-0.05, 0) is 55.7 Å². The molecule has 0 fully saturated rings. The van der Waals surface area contributed by atoms with E-state index in [1.807, 2.05) is 55.5 Å². The molecule has 0 saturated carbocycles. The standard InChI is InChI=1S/C23H22N2O3/c1-15-22(13-16-6-3-4-8-19(16)25-15)28-21-9-10-24-20-12-17(7-5-11-26)23(27-2)14-18(20)21/h3-4,6,8-10,12-14,26H,5,7,11H2,1-2H3. The molecule has 2 heterocycles. The number of nitrogens with zero attached hydrogens (tertiary/aromatic N) is 2. The Bertz CT molecular complexity index is 1140. The highest BCUT2D eigenvalue weighted by atomic mass is 16.5. The second-order valence-corrected chi connectivity index (χ2v) is 6.68. The third-order valence-corrected chi connectivity index (χ3v) is 4.80. The van der Waals surface area contributed by atoms with Crippen LogP contribution in [0, 0.1) is 6.92 Å². The van der Waals surface area contributed by atoms with E-state index in [1.165, 1.54) is 0 Å². The molecule has 4 rings (SSSR count). The van der Waals surface area contributed by atoms with Gasteiger partial charge in [0.2, 0.25) is 0 Å². The van der Waals surface area contributed by atoms with E-state index >= 15 is 0 Å². The lowest BCUT2D eigenvalue weighted by molar-refractivity contribution is 0.287. The number of hydrogen-bond acceptors (Lipinski definition) is 5. The van der Waals surface area contributed by atoms with E-state index in [1.54, 1.807) is 13.3 Å². The summed E-state index contributed by atoms with van der Waals surface area (Å²) in [4.78, 5) is 9.13. The zero-order chi connectivity index (χ0) is 19.5. The van der Waals surface area contributed by atoms with Crippen molar-refractivity contribution in [3.8, 4) is 17.2 Å². The number of aliphatic hydroxyl groups excluding tert-OH is 1. The highest BCUT2D eigenvalue weighted by Crippen LogP contribution is 2.35. The number of benzene rings is 2. The summed E-state index contributed by atoms with van der Waals surface area (Å²) in [5, 5.41) is 11.0. The number of fused-ring (bicyclic) bond motifs is 2. The Morgan fingerprint density at radius 1 is 0.964 bits per heavy atom. The number of para-hydroxylation sites is 1. The summed E-state index contributed by atoms with van der Waals surface area (Å²) in [5.74, 6) is 2.19. The van der Waals surface area contributed by atoms with Gasteiger partial charge in [0.15, 0.2) is 0 Å². The molecule has 5 nitrogen and oxygen atoms in total. The maximum atomic E-state index is 9.13. The summed E-state index contributed by atoms with van der Waals surface area (Å²) in [6, 6.07) is 15.8. The molecular formula is C23H22N2O3. The van der Waals surface area contributed by atoms with Crippen LogP contribution in [0.15, 0.2) is 54.7 Å². The number of aromatic nitrogens is 2. The zero-order valence-corrected chi connectivity index (χ0v) is 16.0. The largest absolute Gasteiger partial charge is 0.496 e. The predicted molar refractivity (Wildman–Crippen MR) is 110 cm³/mol. The smallest absolute Gasteiger partial charge is 0.149 e. The van der Waals surface area contributed by atoms with Gasteiger partial charge in [0, 0.05) is 23.6 Å². The Hall–Kier alpha value is -3.18. The number of aliphatic hydroxyl groups is 1. The first-order chi connectivity index (χ1) is 13.7. The Morgan fingerprint density at radius 3 is 2.64 bits per heavy atom. The van der Waals surface area contributed by atoms with Gasteiger partial charge in [-0.15, -0.1) is 0 Å². The van der Waals surface area contributed by atoms with Gasteiger partial charge in [0.05, 0.1) is 23.8 Å². The van der Waals surface area contributed by atoms with E-state index < -0.39 is 0 Å². The number of pyridine rings is 2. The van der Waals surface area contributed by atoms with Crippen molar-refractivity contribution in [3.05, 3.63) is 66.0 Å². The van der Waals surface area contributed by atoms with Crippen LogP contribution in [-0.2, 0) is 6.42 Å². The van der Waals surface area contributed by atoms with Gasteiger partial charge in [0.1, 0.15) is 17.2 Å². The molecule has 4 aromatic rings. The SMILES string of the molecule is COc1cc2c(Oc3cc4ccccc4nc3C)ccnc2cc1CCCO. The lowest BCUT2D eigenvalue weighted by atomic mass is 10.0. The lowest BCUT2D eigenvalue weighted by Gasteiger charge is -2.14. The number of hydrogen-bond donors (Lipinski definition) is 1. The molecule has 2 aromatic heterocycles. The summed E-state index contributed by atoms with van der Waals surface area (Å²) in [7, 11) is 1.65. The van der Waals surface area contributed by atoms with Crippen molar-refractivity contribution in [1.29, 1.82) is 0 Å². The monoisotopic (exact) mass is 374 g/mol. The van der Waals surface area contributed by atoms with E-state index in [9.17, 15) is 0 Å². The maximum Gasteiger partial charge on any atom is 0.149 e. The molecule has 28 heavy (non-hydrogen) atoms. The van der Waals surface area contributed by atoms with Gasteiger partial charge in [-0.25, -0.2) is 4.98 Å². The van der Waals surface area contributed by atoms with Crippen molar-refractivity contribution in [1.82, 2.24) is 9.97 Å². The lowest BCUT2D eigenvalue weighted by Crippen LogP contribution is -1.97. The molecule has 0 aliphatic carbocycles. The molecule has 5 heteroatoms. The average molecular weight is 374 g/mol. The third kappa shape index (κ3) is 3.49. The molecule has 142 valence electrons. The molecule has 0 aliphatic rings. The minimum absolute atomic E-state index is 0.145. The Morgan fingerprint density at radius 2 is 1.82 bits per heavy atom. The summed E-state index contributed by atoms with van der Waals surface area (Å²) in [6.07, 6.45) is 3.15. The fraction of sp³-hybridized carbons (Fsp3) is 0.217. The minimum Gasteiger partial charge on any atom is -0.496 e. The van der Waals surface area contributed by atoms with Crippen LogP contribution in [0.4, 0.5) is 0 Å². The number of methoxy groups -OCH3 is 1. The molecule has 1 N–H and O–H groups in total. The number of rotatable bonds is 6. The summed E-state index contributed by atoms with van der Waals surface area (Å²) in [5.41, 5.74) is 3.63. The highest BCUT2D eigenvalue weighted by Gasteiger charge is 2.12. The van der Waals surface area contributed by atoms with E-state index in [0.717, 1.165) is 51.0 Å². The molecular weight excluding hydrogens is 352 g/mol. The number of ether oxygens (including phenoxy) is 2. The third-order valence-electron chi connectivity index (χ3n) is 4.80. The second-order valence-electron chi connectivity index (χ2n) is 6.68. The average Bonchev–Trinajstić information content (AvgIpc) is 2.72. The Balaban J connectivity index is 1.77. The van der Waals surface area contributed by atoms with E-state index in [4.69, 9.17) is 14.6 Å². The molecule has 0 saturated heterocycles. The second kappa shape index (κ2) is 7.82. The molecule has 0 amide bonds. The molecule has 0 atom stereocenters. The van der Waals surface area contributed by atoms with Crippen molar-refractivity contribution >= 4 is 21.8 Å². The van der Waals surface area contributed by atoms with Crippen LogP contribution in [-0.4, -0.2) is 28.8 Å². The van der Waals surface area contributed by atoms with Gasteiger partial charge >= 0.3 is 0 Å². The van der Waals surface area contributed by atoms with Crippen LogP contribution in [0.1, 0.15) is 17.7 Å². The van der Waals surface area contributed by atoms with Crippen LogP contribution < -0.4 is 9.47 Å². The quantitative estimate of drug-likeness (QED) is 0.524. The van der Waals surface area contributed by atoms with Crippen LogP contribution >= 0.6 is 0 Å². The van der Waals surface area contributed by atoms with Crippen molar-refractivity contribution in [2.45, 2.75) is 19.8 Å². The van der Waals surface area contributed by atoms with Gasteiger partial charge in [-0.3, -0.25) is 4.98 Å². The topological polar surface area (TPSA) is 64.5 Å². The van der Waals surface area contributed by atoms with E-state index in [-0.39, 0.29) is 6.61 Å². The van der Waals surface area contributed by atoms with Crippen LogP contribution in [0.3, 0.4) is 0 Å². The van der Waals surface area contributed by atoms with E-state index in [0.29, 0.717) is 12.2 Å². The van der Waals surface area contributed by atoms with Crippen LogP contribution in [0.5, 0.6) is 17.2 Å². The maximum absolute atomic E-state index is 9.13. The van der Waals surface area contributed by atoms with Gasteiger partial charge in [-0.1, -0.05) is 18.2 Å². The minimum atomic E-state index is 0.145. The summed E-state index contributed by atoms with van der Waals surface area (Å²) >= 11 is 0. The Kier molecular flexibility index (Phi) is 5.08. The van der Waals surface area contributed by atoms with Crippen molar-refractivity contribution in [3.63, 3.8) is 0 Å². The normalized spacial score (nSPS) is 11.1. The van der Waals surface area contributed by atoms with Crippen LogP contribution in [0.2, 0.25) is 0 Å². The predicted octanol–water partition coefficient (Wildman–Crippen LogP) is 4.82. The van der Waals surface area contributed by atoms with Crippen LogP contribution in [0.25, 0.3) is 21.8 Å². The van der Waals surface area contributed by atoms with Crippen molar-refractivity contribution < 1.29 is 14.6 Å². The van der Waals surface area contributed by atoms with Gasteiger partial charge in [0.25, 0.3) is 0 Å². The Labute approximate surface area is 163 Å². The molecule has 2 aromatic carbocycles. The van der Waals surface area contributed by atoms with Crippen molar-refractivity contribution in [2.75, 3.05) is 13.7 Å². The first kappa shape index (κ1) is 18.2. The molecule has 0 radical (unpaired) electrons. The van der Waals surface area contributed by atoms with Gasteiger partial charge < -0.3 is 14.6 Å². The zero-order valence-electron chi connectivity index (χ0n) is 16.0. The number of aryl methyl sites for hydroxylation is 2. The van der Waals surface area contributed by atoms with Gasteiger partial charge in [-0.2, -0.15) is 0 Å². The molecule has 0 spiro atoms. The molecule has 0 aliphatic heterocycles.